The number of nitrogens with zero attached hydrogens (tertiary/aromatic N) is 3. The van der Waals surface area contributed by atoms with Gasteiger partial charge in [0.25, 0.3) is 0 Å². The number of benzene rings is 2. The largest absolute Gasteiger partial charge is 0.494 e. The van der Waals surface area contributed by atoms with Crippen LogP contribution >= 0.6 is 11.3 Å². The average Bonchev–Trinajstić information content (AvgIpc) is 3.07. The number of halogens is 2. The van der Waals surface area contributed by atoms with Gasteiger partial charge in [0.2, 0.25) is 5.91 Å². The highest BCUT2D eigenvalue weighted by molar-refractivity contribution is 7.22. The zero-order valence-corrected chi connectivity index (χ0v) is 17.4. The quantitative estimate of drug-likeness (QED) is 0.551. The van der Waals surface area contributed by atoms with E-state index in [0.717, 1.165) is 28.7 Å². The maximum atomic E-state index is 14.1. The van der Waals surface area contributed by atoms with Crippen molar-refractivity contribution < 1.29 is 18.3 Å². The van der Waals surface area contributed by atoms with Crippen molar-refractivity contribution in [2.24, 2.45) is 0 Å². The second kappa shape index (κ2) is 9.28. The molecule has 1 heterocycles. The Hall–Kier alpha value is -2.58. The molecule has 0 unspecified atom stereocenters. The number of carbonyl (C=O) groups excluding carboxylic acids is 1. The highest BCUT2D eigenvalue weighted by Crippen LogP contribution is 2.31. The molecule has 1 aromatic heterocycles. The molecule has 3 aromatic rings. The van der Waals surface area contributed by atoms with Gasteiger partial charge in [0.05, 0.1) is 17.7 Å². The second-order valence-corrected chi connectivity index (χ2v) is 7.84. The molecule has 1 amide bonds. The lowest BCUT2D eigenvalue weighted by molar-refractivity contribution is -0.118. The molecule has 8 heteroatoms. The number of aromatic nitrogens is 1. The van der Waals surface area contributed by atoms with Crippen molar-refractivity contribution in [1.29, 1.82) is 0 Å². The predicted molar refractivity (Wildman–Crippen MR) is 112 cm³/mol. The molecule has 0 radical (unpaired) electrons. The SMILES string of the molecule is CCOc1ccc(CC(=O)N(CCN(C)C)c2nc3c(F)cc(F)cc3s2)cc1. The third kappa shape index (κ3) is 5.27. The molecule has 0 atom stereocenters. The standard InChI is InChI=1S/C21H23F2N3O2S/c1-4-28-16-7-5-14(6-8-16)11-19(27)26(10-9-25(2)3)21-24-20-17(23)12-15(22)13-18(20)29-21/h5-8,12-13H,4,9-11H2,1-3H3. The van der Waals surface area contributed by atoms with Crippen LogP contribution in [-0.2, 0) is 11.2 Å². The van der Waals surface area contributed by atoms with Crippen LogP contribution in [0.25, 0.3) is 10.2 Å². The van der Waals surface area contributed by atoms with E-state index < -0.39 is 11.6 Å². The summed E-state index contributed by atoms with van der Waals surface area (Å²) in [5.41, 5.74) is 0.918. The fraction of sp³-hybridized carbons (Fsp3) is 0.333. The van der Waals surface area contributed by atoms with Gasteiger partial charge in [-0.05, 0) is 44.8 Å². The molecule has 0 bridgehead atoms. The molecular formula is C21H23F2N3O2S. The lowest BCUT2D eigenvalue weighted by Crippen LogP contribution is -2.37. The van der Waals surface area contributed by atoms with Gasteiger partial charge in [-0.2, -0.15) is 0 Å². The highest BCUT2D eigenvalue weighted by Gasteiger charge is 2.21. The monoisotopic (exact) mass is 419 g/mol. The summed E-state index contributed by atoms with van der Waals surface area (Å²) in [4.78, 5) is 20.8. The summed E-state index contributed by atoms with van der Waals surface area (Å²) < 4.78 is 33.4. The zero-order valence-electron chi connectivity index (χ0n) is 16.6. The molecule has 0 fully saturated rings. The summed E-state index contributed by atoms with van der Waals surface area (Å²) in [5.74, 6) is -0.799. The summed E-state index contributed by atoms with van der Waals surface area (Å²) in [6.45, 7) is 3.49. The maximum absolute atomic E-state index is 14.1. The molecule has 0 aliphatic heterocycles. The molecule has 0 spiro atoms. The predicted octanol–water partition coefficient (Wildman–Crippen LogP) is 4.11. The zero-order chi connectivity index (χ0) is 21.0. The van der Waals surface area contributed by atoms with Crippen LogP contribution < -0.4 is 9.64 Å². The maximum Gasteiger partial charge on any atom is 0.233 e. The number of rotatable bonds is 8. The fourth-order valence-electron chi connectivity index (χ4n) is 2.83. The van der Waals surface area contributed by atoms with Crippen molar-refractivity contribution in [3.05, 3.63) is 53.6 Å². The third-order valence-corrected chi connectivity index (χ3v) is 5.32. The molecular weight excluding hydrogens is 396 g/mol. The fourth-order valence-corrected chi connectivity index (χ4v) is 3.88. The Kier molecular flexibility index (Phi) is 6.76. The first-order valence-corrected chi connectivity index (χ1v) is 10.1. The highest BCUT2D eigenvalue weighted by atomic mass is 32.1. The van der Waals surface area contributed by atoms with Crippen LogP contribution in [0.2, 0.25) is 0 Å². The van der Waals surface area contributed by atoms with Crippen molar-refractivity contribution in [3.8, 4) is 5.75 Å². The number of anilines is 1. The second-order valence-electron chi connectivity index (χ2n) is 6.83. The van der Waals surface area contributed by atoms with Gasteiger partial charge in [-0.25, -0.2) is 13.8 Å². The molecule has 154 valence electrons. The normalized spacial score (nSPS) is 11.2. The first-order valence-electron chi connectivity index (χ1n) is 9.29. The van der Waals surface area contributed by atoms with Crippen LogP contribution in [0.3, 0.4) is 0 Å². The number of hydrogen-bond donors (Lipinski definition) is 0. The van der Waals surface area contributed by atoms with Gasteiger partial charge in [-0.15, -0.1) is 0 Å². The van der Waals surface area contributed by atoms with E-state index in [1.807, 2.05) is 50.2 Å². The van der Waals surface area contributed by atoms with Crippen molar-refractivity contribution in [2.45, 2.75) is 13.3 Å². The Bertz CT molecular complexity index is 990. The van der Waals surface area contributed by atoms with Crippen molar-refractivity contribution in [1.82, 2.24) is 9.88 Å². The van der Waals surface area contributed by atoms with Crippen LogP contribution in [0.15, 0.2) is 36.4 Å². The number of amides is 1. The van der Waals surface area contributed by atoms with E-state index in [4.69, 9.17) is 4.74 Å². The van der Waals surface area contributed by atoms with Crippen molar-refractivity contribution >= 4 is 32.6 Å². The summed E-state index contributed by atoms with van der Waals surface area (Å²) in [6, 6.07) is 9.39. The Morgan fingerprint density at radius 1 is 1.14 bits per heavy atom. The molecule has 5 nitrogen and oxygen atoms in total. The van der Waals surface area contributed by atoms with Gasteiger partial charge in [0, 0.05) is 19.2 Å². The van der Waals surface area contributed by atoms with Gasteiger partial charge in [-0.3, -0.25) is 9.69 Å². The number of fused-ring (bicyclic) bond motifs is 1. The van der Waals surface area contributed by atoms with Gasteiger partial charge < -0.3 is 9.64 Å². The number of hydrogen-bond acceptors (Lipinski definition) is 5. The van der Waals surface area contributed by atoms with E-state index >= 15 is 0 Å². The minimum Gasteiger partial charge on any atom is -0.494 e. The van der Waals surface area contributed by atoms with Crippen LogP contribution in [0.4, 0.5) is 13.9 Å². The molecule has 0 saturated carbocycles. The molecule has 0 saturated heterocycles. The van der Waals surface area contributed by atoms with Crippen molar-refractivity contribution in [3.63, 3.8) is 0 Å². The van der Waals surface area contributed by atoms with Gasteiger partial charge in [-0.1, -0.05) is 23.5 Å². The van der Waals surface area contributed by atoms with E-state index in [1.165, 1.54) is 6.07 Å². The molecule has 0 N–H and O–H groups in total. The van der Waals surface area contributed by atoms with Gasteiger partial charge in [0.15, 0.2) is 10.9 Å². The van der Waals surface area contributed by atoms with E-state index in [0.29, 0.717) is 29.5 Å². The first-order chi connectivity index (χ1) is 13.9. The Labute approximate surface area is 172 Å². The van der Waals surface area contributed by atoms with Gasteiger partial charge >= 0.3 is 0 Å². The van der Waals surface area contributed by atoms with E-state index in [9.17, 15) is 13.6 Å². The van der Waals surface area contributed by atoms with E-state index in [2.05, 4.69) is 4.98 Å². The number of likely N-dealkylation sites (N-methyl/N-ethyl adjacent to an activating group) is 1. The third-order valence-electron chi connectivity index (χ3n) is 4.29. The van der Waals surface area contributed by atoms with Crippen LogP contribution in [0.1, 0.15) is 12.5 Å². The number of thiazole rings is 1. The number of carbonyl (C=O) groups is 1. The Morgan fingerprint density at radius 2 is 1.86 bits per heavy atom. The summed E-state index contributed by atoms with van der Waals surface area (Å²) in [7, 11) is 3.81. The minimum atomic E-state index is -0.728. The van der Waals surface area contributed by atoms with Crippen LogP contribution in [0, 0.1) is 11.6 Å². The minimum absolute atomic E-state index is 0.0788. The average molecular weight is 419 g/mol. The smallest absolute Gasteiger partial charge is 0.233 e. The summed E-state index contributed by atoms with van der Waals surface area (Å²) >= 11 is 1.11. The number of ether oxygens (including phenoxy) is 1. The van der Waals surface area contributed by atoms with E-state index in [-0.39, 0.29) is 17.8 Å². The lowest BCUT2D eigenvalue weighted by atomic mass is 10.1. The molecule has 29 heavy (non-hydrogen) atoms. The first kappa shape index (κ1) is 21.1. The Morgan fingerprint density at radius 3 is 2.52 bits per heavy atom. The molecule has 0 aliphatic rings. The topological polar surface area (TPSA) is 45.7 Å². The van der Waals surface area contributed by atoms with Crippen molar-refractivity contribution in [2.75, 3.05) is 38.7 Å². The van der Waals surface area contributed by atoms with E-state index in [1.54, 1.807) is 4.90 Å². The van der Waals surface area contributed by atoms with Gasteiger partial charge in [0.1, 0.15) is 17.1 Å². The summed E-state index contributed by atoms with van der Waals surface area (Å²) in [5, 5.41) is 0.363. The molecule has 2 aromatic carbocycles. The summed E-state index contributed by atoms with van der Waals surface area (Å²) in [6.07, 6.45) is 0.173. The lowest BCUT2D eigenvalue weighted by Gasteiger charge is -2.22. The molecule has 3 rings (SSSR count). The molecule has 0 aliphatic carbocycles. The Balaban J connectivity index is 1.86. The van der Waals surface area contributed by atoms with Crippen LogP contribution in [0.5, 0.6) is 5.75 Å². The van der Waals surface area contributed by atoms with Crippen LogP contribution in [-0.4, -0.2) is 49.6 Å².